The van der Waals surface area contributed by atoms with Crippen molar-refractivity contribution in [3.63, 3.8) is 0 Å². The molecular weight excluding hydrogens is 318 g/mol. The molecule has 2 rings (SSSR count). The molecule has 1 atom stereocenters. The zero-order chi connectivity index (χ0) is 18.4. The van der Waals surface area contributed by atoms with E-state index in [9.17, 15) is 9.59 Å². The summed E-state index contributed by atoms with van der Waals surface area (Å²) in [5.41, 5.74) is 3.34. The number of amides is 2. The minimum atomic E-state index is -0.627. The predicted octanol–water partition coefficient (Wildman–Crippen LogP) is 2.59. The maximum absolute atomic E-state index is 12.8. The Kier molecular flexibility index (Phi) is 6.42. The molecule has 1 saturated heterocycles. The van der Waals surface area contributed by atoms with Crippen molar-refractivity contribution in [3.8, 4) is 0 Å². The van der Waals surface area contributed by atoms with Crippen molar-refractivity contribution in [1.29, 1.82) is 0 Å². The van der Waals surface area contributed by atoms with Crippen molar-refractivity contribution >= 4 is 12.0 Å². The van der Waals surface area contributed by atoms with Crippen LogP contribution in [-0.2, 0) is 16.0 Å². The Balaban J connectivity index is 2.12. The van der Waals surface area contributed by atoms with Crippen LogP contribution in [0.2, 0.25) is 0 Å². The Morgan fingerprint density at radius 1 is 1.20 bits per heavy atom. The van der Waals surface area contributed by atoms with E-state index >= 15 is 0 Å². The molecule has 6 nitrogen and oxygen atoms in total. The molecule has 0 unspecified atom stereocenters. The van der Waals surface area contributed by atoms with Gasteiger partial charge in [0.05, 0.1) is 0 Å². The lowest BCUT2D eigenvalue weighted by molar-refractivity contribution is -0.130. The van der Waals surface area contributed by atoms with Crippen LogP contribution in [0.15, 0.2) is 30.3 Å². The molecule has 0 aliphatic carbocycles. The average molecular weight is 347 g/mol. The lowest BCUT2D eigenvalue weighted by Crippen LogP contribution is -2.53. The van der Waals surface area contributed by atoms with Crippen LogP contribution < -0.4 is 5.43 Å². The summed E-state index contributed by atoms with van der Waals surface area (Å²) in [5.74, 6) is -0.181. The second-order valence-corrected chi connectivity index (χ2v) is 7.47. The van der Waals surface area contributed by atoms with E-state index in [0.717, 1.165) is 31.5 Å². The molecule has 6 heteroatoms. The van der Waals surface area contributed by atoms with E-state index in [2.05, 4.69) is 5.43 Å². The third-order valence-electron chi connectivity index (χ3n) is 4.10. The summed E-state index contributed by atoms with van der Waals surface area (Å²) in [7, 11) is 1.62. The Morgan fingerprint density at radius 2 is 1.80 bits per heavy atom. The van der Waals surface area contributed by atoms with E-state index in [0.29, 0.717) is 6.42 Å². The fourth-order valence-corrected chi connectivity index (χ4v) is 2.76. The maximum atomic E-state index is 12.8. The number of likely N-dealkylation sites (N-methyl/N-ethyl adjacent to an activating group) is 1. The molecule has 1 aliphatic heterocycles. The standard InChI is InChI=1S/C19H29N3O3/c1-19(2,3)25-18(24)21(4)16(14-15-10-6-5-7-11-15)17(23)20-22-12-8-9-13-22/h5-7,10-11,16H,8-9,12-14H2,1-4H3,(H,20,23)/t16-/m1/s1. The number of benzene rings is 1. The van der Waals surface area contributed by atoms with E-state index in [1.165, 1.54) is 4.90 Å². The summed E-state index contributed by atoms with van der Waals surface area (Å²) >= 11 is 0. The summed E-state index contributed by atoms with van der Waals surface area (Å²) in [4.78, 5) is 26.6. The van der Waals surface area contributed by atoms with Gasteiger partial charge in [0.1, 0.15) is 11.6 Å². The summed E-state index contributed by atoms with van der Waals surface area (Å²) < 4.78 is 5.43. The number of carbonyl (C=O) groups excluding carboxylic acids is 2. The zero-order valence-corrected chi connectivity index (χ0v) is 15.6. The van der Waals surface area contributed by atoms with Crippen LogP contribution in [0.4, 0.5) is 4.79 Å². The highest BCUT2D eigenvalue weighted by atomic mass is 16.6. The third kappa shape index (κ3) is 6.05. The molecule has 1 N–H and O–H groups in total. The summed E-state index contributed by atoms with van der Waals surface area (Å²) in [5, 5.41) is 1.92. The average Bonchev–Trinajstić information content (AvgIpc) is 3.04. The quantitative estimate of drug-likeness (QED) is 0.889. The molecule has 1 fully saturated rings. The monoisotopic (exact) mass is 347 g/mol. The smallest absolute Gasteiger partial charge is 0.410 e. The third-order valence-corrected chi connectivity index (χ3v) is 4.10. The van der Waals surface area contributed by atoms with Crippen molar-refractivity contribution in [1.82, 2.24) is 15.3 Å². The number of rotatable bonds is 5. The van der Waals surface area contributed by atoms with Gasteiger partial charge in [-0.05, 0) is 39.2 Å². The number of carbonyl (C=O) groups is 2. The molecule has 1 aromatic rings. The first-order valence-corrected chi connectivity index (χ1v) is 8.81. The van der Waals surface area contributed by atoms with Gasteiger partial charge >= 0.3 is 6.09 Å². The highest BCUT2D eigenvalue weighted by molar-refractivity contribution is 5.85. The Morgan fingerprint density at radius 3 is 2.36 bits per heavy atom. The van der Waals surface area contributed by atoms with Crippen LogP contribution in [-0.4, -0.2) is 53.7 Å². The topological polar surface area (TPSA) is 61.9 Å². The van der Waals surface area contributed by atoms with Gasteiger partial charge in [0.25, 0.3) is 5.91 Å². The first kappa shape index (κ1) is 19.2. The van der Waals surface area contributed by atoms with Gasteiger partial charge in [0.15, 0.2) is 0 Å². The molecule has 1 aromatic carbocycles. The normalized spacial score (nSPS) is 16.3. The minimum Gasteiger partial charge on any atom is -0.444 e. The molecule has 1 heterocycles. The van der Waals surface area contributed by atoms with Crippen LogP contribution in [0.25, 0.3) is 0 Å². The number of nitrogens with one attached hydrogen (secondary N) is 1. The second kappa shape index (κ2) is 8.34. The molecule has 25 heavy (non-hydrogen) atoms. The molecule has 0 spiro atoms. The molecule has 1 aliphatic rings. The minimum absolute atomic E-state index is 0.181. The fourth-order valence-electron chi connectivity index (χ4n) is 2.76. The summed E-state index contributed by atoms with van der Waals surface area (Å²) in [6.07, 6.45) is 2.10. The summed E-state index contributed by atoms with van der Waals surface area (Å²) in [6.45, 7) is 7.14. The molecule has 0 aromatic heterocycles. The highest BCUT2D eigenvalue weighted by Crippen LogP contribution is 2.15. The molecular formula is C19H29N3O3. The number of ether oxygens (including phenoxy) is 1. The number of hydrogen-bond acceptors (Lipinski definition) is 4. The van der Waals surface area contributed by atoms with Gasteiger partial charge in [-0.2, -0.15) is 0 Å². The zero-order valence-electron chi connectivity index (χ0n) is 15.6. The number of hydrazine groups is 1. The Labute approximate surface area is 150 Å². The van der Waals surface area contributed by atoms with Gasteiger partial charge in [-0.15, -0.1) is 0 Å². The Bertz CT molecular complexity index is 577. The van der Waals surface area contributed by atoms with Crippen molar-refractivity contribution in [2.75, 3.05) is 20.1 Å². The number of nitrogens with zero attached hydrogens (tertiary/aromatic N) is 2. The summed E-state index contributed by atoms with van der Waals surface area (Å²) in [6, 6.07) is 9.08. The fraction of sp³-hybridized carbons (Fsp3) is 0.579. The lowest BCUT2D eigenvalue weighted by atomic mass is 10.0. The van der Waals surface area contributed by atoms with Gasteiger partial charge in [-0.1, -0.05) is 30.3 Å². The SMILES string of the molecule is CN(C(=O)OC(C)(C)C)[C@H](Cc1ccccc1)C(=O)NN1CCCC1. The largest absolute Gasteiger partial charge is 0.444 e. The van der Waals surface area contributed by atoms with Crippen molar-refractivity contribution in [2.45, 2.75) is 51.7 Å². The van der Waals surface area contributed by atoms with Gasteiger partial charge < -0.3 is 4.74 Å². The molecule has 0 radical (unpaired) electrons. The van der Waals surface area contributed by atoms with Crippen molar-refractivity contribution in [3.05, 3.63) is 35.9 Å². The van der Waals surface area contributed by atoms with Crippen molar-refractivity contribution < 1.29 is 14.3 Å². The van der Waals surface area contributed by atoms with E-state index < -0.39 is 17.7 Å². The number of hydrogen-bond donors (Lipinski definition) is 1. The highest BCUT2D eigenvalue weighted by Gasteiger charge is 2.31. The molecule has 2 amide bonds. The van der Waals surface area contributed by atoms with Gasteiger partial charge in [0.2, 0.25) is 0 Å². The van der Waals surface area contributed by atoms with Crippen LogP contribution >= 0.6 is 0 Å². The van der Waals surface area contributed by atoms with Gasteiger partial charge in [-0.25, -0.2) is 9.80 Å². The van der Waals surface area contributed by atoms with Crippen LogP contribution in [0.1, 0.15) is 39.2 Å². The molecule has 0 saturated carbocycles. The van der Waals surface area contributed by atoms with Crippen LogP contribution in [0.5, 0.6) is 0 Å². The first-order chi connectivity index (χ1) is 11.8. The first-order valence-electron chi connectivity index (χ1n) is 8.81. The molecule has 0 bridgehead atoms. The van der Waals surface area contributed by atoms with E-state index in [4.69, 9.17) is 4.74 Å². The van der Waals surface area contributed by atoms with E-state index in [-0.39, 0.29) is 5.91 Å². The van der Waals surface area contributed by atoms with E-state index in [1.54, 1.807) is 7.05 Å². The van der Waals surface area contributed by atoms with Crippen molar-refractivity contribution in [2.24, 2.45) is 0 Å². The lowest BCUT2D eigenvalue weighted by Gasteiger charge is -2.31. The van der Waals surface area contributed by atoms with Crippen LogP contribution in [0.3, 0.4) is 0 Å². The predicted molar refractivity (Wildman–Crippen MR) is 96.9 cm³/mol. The van der Waals surface area contributed by atoms with Gasteiger partial charge in [-0.3, -0.25) is 15.1 Å². The van der Waals surface area contributed by atoms with Crippen LogP contribution in [0, 0.1) is 0 Å². The Hall–Kier alpha value is -2.08. The second-order valence-electron chi connectivity index (χ2n) is 7.47. The van der Waals surface area contributed by atoms with E-state index in [1.807, 2.05) is 56.1 Å². The van der Waals surface area contributed by atoms with Gasteiger partial charge in [0, 0.05) is 26.6 Å². The molecule has 138 valence electrons. The maximum Gasteiger partial charge on any atom is 0.410 e.